The molecule has 0 radical (unpaired) electrons. The van der Waals surface area contributed by atoms with Gasteiger partial charge in [-0.05, 0) is 88.8 Å². The number of carbonyl (C=O) groups is 3. The first kappa shape index (κ1) is 44.1. The van der Waals surface area contributed by atoms with Gasteiger partial charge in [-0.3, -0.25) is 14.9 Å². The molecule has 12 nitrogen and oxygen atoms in total. The van der Waals surface area contributed by atoms with Crippen LogP contribution in [0.1, 0.15) is 101 Å². The number of nitrogens with two attached hydrogens (primary N) is 1. The quantitative estimate of drug-likeness (QED) is 0.104. The zero-order chi connectivity index (χ0) is 40.7. The van der Waals surface area contributed by atoms with Crippen molar-refractivity contribution in [1.29, 1.82) is 0 Å². The van der Waals surface area contributed by atoms with Crippen molar-refractivity contribution < 1.29 is 41.4 Å². The Kier molecular flexibility index (Phi) is 14.3. The molecule has 2 amide bonds. The van der Waals surface area contributed by atoms with Gasteiger partial charge in [0.1, 0.15) is 52.7 Å². The van der Waals surface area contributed by atoms with Gasteiger partial charge in [-0.15, -0.1) is 0 Å². The summed E-state index contributed by atoms with van der Waals surface area (Å²) in [5, 5.41) is 12.0. The van der Waals surface area contributed by atoms with Gasteiger partial charge >= 0.3 is 12.2 Å². The Balaban J connectivity index is 0.000000367. The third-order valence-electron chi connectivity index (χ3n) is 6.93. The van der Waals surface area contributed by atoms with Crippen molar-refractivity contribution >= 4 is 23.8 Å². The lowest BCUT2D eigenvalue weighted by Crippen LogP contribution is -2.51. The largest absolute Gasteiger partial charge is 0.444 e. The summed E-state index contributed by atoms with van der Waals surface area (Å²) in [5.41, 5.74) is 2.98. The summed E-state index contributed by atoms with van der Waals surface area (Å²) in [6.45, 7) is 21.0. The van der Waals surface area contributed by atoms with Crippen LogP contribution in [0.4, 0.5) is 27.2 Å². The molecule has 2 aromatic carbocycles. The van der Waals surface area contributed by atoms with Gasteiger partial charge < -0.3 is 25.8 Å². The topological polar surface area (TPSA) is 174 Å². The molecule has 3 rings (SSSR count). The summed E-state index contributed by atoms with van der Waals surface area (Å²) in [7, 11) is 0. The molecule has 2 atom stereocenters. The first-order chi connectivity index (χ1) is 24.1. The van der Waals surface area contributed by atoms with Crippen LogP contribution in [0.5, 0.6) is 0 Å². The first-order valence-corrected chi connectivity index (χ1v) is 16.7. The molecule has 0 aliphatic heterocycles. The van der Waals surface area contributed by atoms with Crippen molar-refractivity contribution in [3.05, 3.63) is 71.1 Å². The van der Waals surface area contributed by atoms with Crippen molar-refractivity contribution in [2.45, 2.75) is 106 Å². The lowest BCUT2D eigenvalue weighted by atomic mass is 9.84. The number of rotatable bonds is 8. The molecule has 0 spiro atoms. The minimum atomic E-state index is -0.902. The zero-order valence-corrected chi connectivity index (χ0v) is 32.3. The molecule has 0 bridgehead atoms. The van der Waals surface area contributed by atoms with Gasteiger partial charge in [-0.1, -0.05) is 41.5 Å². The summed E-state index contributed by atoms with van der Waals surface area (Å²) in [6.07, 6.45) is -1.34. The van der Waals surface area contributed by atoms with E-state index in [1.165, 1.54) is 0 Å². The van der Waals surface area contributed by atoms with Crippen molar-refractivity contribution in [1.82, 2.24) is 25.8 Å². The molecule has 0 unspecified atom stereocenters. The maximum absolute atomic E-state index is 13.9. The number of aromatic nitrogens is 3. The number of aromatic amines is 1. The van der Waals surface area contributed by atoms with Gasteiger partial charge in [0.2, 0.25) is 0 Å². The van der Waals surface area contributed by atoms with Crippen LogP contribution in [0.3, 0.4) is 0 Å². The van der Waals surface area contributed by atoms with Crippen LogP contribution in [0.15, 0.2) is 41.4 Å². The molecule has 53 heavy (non-hydrogen) atoms. The van der Waals surface area contributed by atoms with Crippen LogP contribution in [-0.4, -0.2) is 62.8 Å². The fourth-order valence-corrected chi connectivity index (χ4v) is 4.55. The second-order valence-electron chi connectivity index (χ2n) is 16.4. The maximum atomic E-state index is 13.9. The van der Waals surface area contributed by atoms with Gasteiger partial charge in [0.15, 0.2) is 11.6 Å². The number of halogens is 4. The highest BCUT2D eigenvalue weighted by Gasteiger charge is 2.34. The van der Waals surface area contributed by atoms with Crippen LogP contribution in [0.25, 0.3) is 11.4 Å². The number of amides is 2. The third kappa shape index (κ3) is 14.5. The summed E-state index contributed by atoms with van der Waals surface area (Å²) >= 11 is 0. The number of ketones is 1. The van der Waals surface area contributed by atoms with E-state index in [1.54, 1.807) is 62.3 Å². The fourth-order valence-electron chi connectivity index (χ4n) is 4.55. The second kappa shape index (κ2) is 17.2. The van der Waals surface area contributed by atoms with Gasteiger partial charge in [0.05, 0.1) is 23.2 Å². The number of carbonyl (C=O) groups excluding carboxylic acids is 3. The van der Waals surface area contributed by atoms with Gasteiger partial charge in [-0.25, -0.2) is 32.1 Å². The molecular formula is C37H51F4N7O5. The number of benzene rings is 2. The van der Waals surface area contributed by atoms with Crippen molar-refractivity contribution in [3.8, 4) is 11.4 Å². The minimum Gasteiger partial charge on any atom is -0.444 e. The van der Waals surface area contributed by atoms with E-state index in [9.17, 15) is 31.9 Å². The highest BCUT2D eigenvalue weighted by Crippen LogP contribution is 2.32. The molecule has 5 N–H and O–H groups in total. The van der Waals surface area contributed by atoms with E-state index in [0.717, 1.165) is 36.4 Å². The van der Waals surface area contributed by atoms with E-state index in [4.69, 9.17) is 15.2 Å². The number of nitrogens with one attached hydrogen (secondary N) is 3. The van der Waals surface area contributed by atoms with E-state index < -0.39 is 81.9 Å². The lowest BCUT2D eigenvalue weighted by Gasteiger charge is -2.31. The van der Waals surface area contributed by atoms with Gasteiger partial charge in [0, 0.05) is 0 Å². The SMILES string of the molecule is CC(C)(C)OC(=O)N[C@@H](C(=O)CN=C(N)c1cc(F)ccc1F)C(C)(C)C.CC(C)(C)OC(=O)N[C@@H](c1nc(-c2cc(F)ccc2F)n[nH]1)C(C)(C)C. The lowest BCUT2D eigenvalue weighted by molar-refractivity contribution is -0.122. The molecule has 0 saturated heterocycles. The van der Waals surface area contributed by atoms with Crippen LogP contribution >= 0.6 is 0 Å². The Morgan fingerprint density at radius 1 is 0.774 bits per heavy atom. The van der Waals surface area contributed by atoms with Crippen molar-refractivity contribution in [3.63, 3.8) is 0 Å². The molecule has 0 aliphatic rings. The van der Waals surface area contributed by atoms with E-state index in [-0.39, 0.29) is 22.8 Å². The molecule has 0 fully saturated rings. The van der Waals surface area contributed by atoms with Crippen molar-refractivity contribution in [2.24, 2.45) is 21.6 Å². The second-order valence-corrected chi connectivity index (χ2v) is 16.4. The summed E-state index contributed by atoms with van der Waals surface area (Å²) in [6, 6.07) is 4.37. The molecule has 0 aliphatic carbocycles. The summed E-state index contributed by atoms with van der Waals surface area (Å²) in [5.74, 6) is -3.05. The zero-order valence-electron chi connectivity index (χ0n) is 32.3. The average Bonchev–Trinajstić information content (AvgIpc) is 3.46. The number of hydrogen-bond donors (Lipinski definition) is 4. The number of aliphatic imine (C=N–C) groups is 1. The Morgan fingerprint density at radius 3 is 1.79 bits per heavy atom. The predicted octanol–water partition coefficient (Wildman–Crippen LogP) is 7.54. The predicted molar refractivity (Wildman–Crippen MR) is 193 cm³/mol. The molecule has 292 valence electrons. The average molecular weight is 750 g/mol. The Labute approximate surface area is 307 Å². The van der Waals surface area contributed by atoms with Gasteiger partial charge in [-0.2, -0.15) is 5.10 Å². The number of nitrogens with zero attached hydrogens (tertiary/aromatic N) is 3. The molecule has 1 aromatic heterocycles. The molecular weight excluding hydrogens is 698 g/mol. The molecule has 16 heteroatoms. The number of amidine groups is 1. The monoisotopic (exact) mass is 749 g/mol. The number of Topliss-reactive ketones (excluding diaryl/α,β-unsaturated/α-hetero) is 1. The Hall–Kier alpha value is -5.02. The number of ether oxygens (including phenoxy) is 2. The third-order valence-corrected chi connectivity index (χ3v) is 6.93. The highest BCUT2D eigenvalue weighted by atomic mass is 19.1. The van der Waals surface area contributed by atoms with Crippen LogP contribution in [0.2, 0.25) is 0 Å². The summed E-state index contributed by atoms with van der Waals surface area (Å²) in [4.78, 5) is 44.9. The highest BCUT2D eigenvalue weighted by molar-refractivity contribution is 5.99. The van der Waals surface area contributed by atoms with E-state index in [2.05, 4.69) is 30.8 Å². The van der Waals surface area contributed by atoms with Crippen LogP contribution in [-0.2, 0) is 14.3 Å². The normalized spacial score (nSPS) is 13.6. The molecule has 0 saturated carbocycles. The Morgan fingerprint density at radius 2 is 1.28 bits per heavy atom. The Bertz CT molecular complexity index is 1790. The van der Waals surface area contributed by atoms with E-state index in [1.807, 2.05) is 20.8 Å². The van der Waals surface area contributed by atoms with Crippen molar-refractivity contribution in [2.75, 3.05) is 6.54 Å². The number of alkyl carbamates (subject to hydrolysis) is 2. The molecule has 1 heterocycles. The molecule has 3 aromatic rings. The minimum absolute atomic E-state index is 0.0113. The smallest absolute Gasteiger partial charge is 0.408 e. The maximum Gasteiger partial charge on any atom is 0.408 e. The van der Waals surface area contributed by atoms with E-state index >= 15 is 0 Å². The van der Waals surface area contributed by atoms with E-state index in [0.29, 0.717) is 5.82 Å². The standard InChI is InChI=1S/C19H27F2N3O3.C18H24F2N4O2/c1-18(2,3)15(24-17(26)27-19(4,5)6)14(25)10-23-16(22)12-9-11(20)7-8-13(12)21;1-17(2,3)13(21-16(25)26-18(4,5)6)15-22-14(23-24-15)11-9-10(19)7-8-12(11)20/h7-9,15H,10H2,1-6H3,(H2,22,23)(H,24,26);7-9,13H,1-6H3,(H,21,25)(H,22,23,24)/t15-;13-/m00/s1. The van der Waals surface area contributed by atoms with Crippen LogP contribution < -0.4 is 16.4 Å². The van der Waals surface area contributed by atoms with Crippen LogP contribution in [0, 0.1) is 34.1 Å². The number of H-pyrrole nitrogens is 1. The first-order valence-electron chi connectivity index (χ1n) is 16.7. The number of hydrogen-bond acceptors (Lipinski definition) is 8. The fraction of sp³-hybridized carbons (Fsp3) is 0.514. The summed E-state index contributed by atoms with van der Waals surface area (Å²) < 4.78 is 64.8. The van der Waals surface area contributed by atoms with Gasteiger partial charge in [0.25, 0.3) is 0 Å².